The third kappa shape index (κ3) is 12.3. The Balaban J connectivity index is 2.08. The highest BCUT2D eigenvalue weighted by Gasteiger charge is 2.27. The number of fused-ring (bicyclic) bond motifs is 6. The van der Waals surface area contributed by atoms with Crippen LogP contribution in [0.15, 0.2) is 36.4 Å². The molecule has 4 rings (SSSR count). The minimum Gasteiger partial charge on any atom is -0.493 e. The summed E-state index contributed by atoms with van der Waals surface area (Å²) in [4.78, 5) is 14.3. The van der Waals surface area contributed by atoms with Crippen molar-refractivity contribution in [2.45, 2.75) is 157 Å². The standard InChI is InChI=1S/C49H71ClO6/c1-8-14-19-24-52-43-30-37-36(29-42(43)49(51)48(50)35(7)13-6)38-31-44(53-25-20-15-9-2)46(55-27-22-17-11-4)33-40(38)41-34-47(56-28-23-18-12-5)45(32-39(37)41)54-26-21-16-10-3/h29-35,48H,8-28H2,1-7H3. The van der Waals surface area contributed by atoms with Crippen LogP contribution in [-0.2, 0) is 0 Å². The normalized spacial score (nSPS) is 12.6. The molecule has 56 heavy (non-hydrogen) atoms. The number of carbonyl (C=O) groups excluding carboxylic acids is 1. The number of unbranched alkanes of at least 4 members (excludes halogenated alkanes) is 10. The van der Waals surface area contributed by atoms with Crippen LogP contribution in [-0.4, -0.2) is 44.2 Å². The molecule has 4 aromatic rings. The summed E-state index contributed by atoms with van der Waals surface area (Å²) in [6, 6.07) is 12.6. The second-order valence-corrected chi connectivity index (χ2v) is 16.0. The molecule has 0 aromatic heterocycles. The Morgan fingerprint density at radius 1 is 0.446 bits per heavy atom. The minimum atomic E-state index is -0.668. The highest BCUT2D eigenvalue weighted by molar-refractivity contribution is 6.35. The molecule has 0 saturated carbocycles. The van der Waals surface area contributed by atoms with Crippen LogP contribution in [0.3, 0.4) is 0 Å². The summed E-state index contributed by atoms with van der Waals surface area (Å²) < 4.78 is 32.6. The molecule has 0 spiro atoms. The lowest BCUT2D eigenvalue weighted by atomic mass is 9.89. The van der Waals surface area contributed by atoms with Gasteiger partial charge in [0.1, 0.15) is 5.75 Å². The molecule has 0 aliphatic rings. The summed E-state index contributed by atoms with van der Waals surface area (Å²) in [5, 5.41) is 5.28. The summed E-state index contributed by atoms with van der Waals surface area (Å²) >= 11 is 6.93. The third-order valence-electron chi connectivity index (χ3n) is 10.8. The van der Waals surface area contributed by atoms with Crippen LogP contribution in [0.25, 0.3) is 32.3 Å². The smallest absolute Gasteiger partial charge is 0.184 e. The number of ether oxygens (including phenoxy) is 5. The second-order valence-electron chi connectivity index (χ2n) is 15.5. The van der Waals surface area contributed by atoms with Gasteiger partial charge in [-0.1, -0.05) is 119 Å². The quantitative estimate of drug-likeness (QED) is 0.0236. The highest BCUT2D eigenvalue weighted by Crippen LogP contribution is 2.46. The van der Waals surface area contributed by atoms with E-state index in [1.165, 1.54) is 0 Å². The van der Waals surface area contributed by atoms with Crippen molar-refractivity contribution in [1.29, 1.82) is 0 Å². The Bertz CT molecular complexity index is 1750. The van der Waals surface area contributed by atoms with Crippen molar-refractivity contribution in [1.82, 2.24) is 0 Å². The van der Waals surface area contributed by atoms with Gasteiger partial charge in [-0.3, -0.25) is 4.79 Å². The van der Waals surface area contributed by atoms with Gasteiger partial charge in [-0.2, -0.15) is 0 Å². The Kier molecular flexibility index (Phi) is 19.8. The van der Waals surface area contributed by atoms with Crippen molar-refractivity contribution >= 4 is 49.7 Å². The number of hydrogen-bond donors (Lipinski definition) is 0. The zero-order valence-electron chi connectivity index (χ0n) is 35.8. The van der Waals surface area contributed by atoms with E-state index in [9.17, 15) is 4.79 Å². The molecular weight excluding hydrogens is 720 g/mol. The van der Waals surface area contributed by atoms with Crippen LogP contribution < -0.4 is 23.7 Å². The number of alkyl halides is 1. The Hall–Kier alpha value is -3.38. The fraction of sp³-hybridized carbons (Fsp3) is 0.612. The van der Waals surface area contributed by atoms with Crippen molar-refractivity contribution in [3.05, 3.63) is 42.0 Å². The van der Waals surface area contributed by atoms with E-state index in [-0.39, 0.29) is 11.7 Å². The van der Waals surface area contributed by atoms with E-state index < -0.39 is 5.38 Å². The van der Waals surface area contributed by atoms with Gasteiger partial charge in [-0.25, -0.2) is 0 Å². The van der Waals surface area contributed by atoms with Crippen molar-refractivity contribution in [3.8, 4) is 28.7 Å². The van der Waals surface area contributed by atoms with Gasteiger partial charge in [-0.15, -0.1) is 11.6 Å². The number of rotatable bonds is 29. The Morgan fingerprint density at radius 2 is 0.714 bits per heavy atom. The number of Topliss-reactive ketones (excluding diaryl/α,β-unsaturated/α-hetero) is 1. The maximum absolute atomic E-state index is 14.3. The molecule has 2 unspecified atom stereocenters. The van der Waals surface area contributed by atoms with E-state index >= 15 is 0 Å². The maximum Gasteiger partial charge on any atom is 0.184 e. The molecule has 6 nitrogen and oxygen atoms in total. The van der Waals surface area contributed by atoms with Gasteiger partial charge in [-0.05, 0) is 107 Å². The van der Waals surface area contributed by atoms with E-state index in [0.29, 0.717) is 44.3 Å². The first-order valence-corrected chi connectivity index (χ1v) is 22.6. The van der Waals surface area contributed by atoms with E-state index in [1.807, 2.05) is 13.0 Å². The summed E-state index contributed by atoms with van der Waals surface area (Å²) in [6.07, 6.45) is 16.6. The fourth-order valence-corrected chi connectivity index (χ4v) is 7.38. The average molecular weight is 792 g/mol. The first-order valence-electron chi connectivity index (χ1n) is 22.2. The number of carbonyl (C=O) groups is 1. The minimum absolute atomic E-state index is 0.0138. The van der Waals surface area contributed by atoms with Crippen LogP contribution in [0.1, 0.15) is 162 Å². The van der Waals surface area contributed by atoms with Crippen LogP contribution in [0, 0.1) is 5.92 Å². The van der Waals surface area contributed by atoms with Gasteiger partial charge in [0.2, 0.25) is 0 Å². The van der Waals surface area contributed by atoms with Gasteiger partial charge < -0.3 is 23.7 Å². The molecule has 0 bridgehead atoms. The van der Waals surface area contributed by atoms with Crippen LogP contribution in [0.5, 0.6) is 28.7 Å². The number of halogens is 1. The van der Waals surface area contributed by atoms with E-state index in [0.717, 1.165) is 158 Å². The lowest BCUT2D eigenvalue weighted by Crippen LogP contribution is -2.23. The molecule has 0 amide bonds. The van der Waals surface area contributed by atoms with Gasteiger partial charge in [0.25, 0.3) is 0 Å². The third-order valence-corrected chi connectivity index (χ3v) is 11.5. The Morgan fingerprint density at radius 3 is 1.00 bits per heavy atom. The van der Waals surface area contributed by atoms with Crippen molar-refractivity contribution in [3.63, 3.8) is 0 Å². The molecule has 0 radical (unpaired) electrons. The van der Waals surface area contributed by atoms with Gasteiger partial charge in [0.15, 0.2) is 28.8 Å². The number of ketones is 1. The molecule has 0 heterocycles. The maximum atomic E-state index is 14.3. The molecular formula is C49H71ClO6. The number of benzene rings is 4. The molecule has 4 aromatic carbocycles. The molecule has 7 heteroatoms. The van der Waals surface area contributed by atoms with E-state index in [2.05, 4.69) is 71.9 Å². The summed E-state index contributed by atoms with van der Waals surface area (Å²) in [7, 11) is 0. The van der Waals surface area contributed by atoms with Crippen LogP contribution >= 0.6 is 11.6 Å². The van der Waals surface area contributed by atoms with Crippen LogP contribution in [0.2, 0.25) is 0 Å². The van der Waals surface area contributed by atoms with Gasteiger partial charge in [0.05, 0.1) is 44.0 Å². The first-order chi connectivity index (χ1) is 27.3. The first kappa shape index (κ1) is 45.3. The molecule has 2 atom stereocenters. The highest BCUT2D eigenvalue weighted by atomic mass is 35.5. The molecule has 0 aliphatic carbocycles. The monoisotopic (exact) mass is 790 g/mol. The largest absolute Gasteiger partial charge is 0.493 e. The van der Waals surface area contributed by atoms with E-state index in [1.54, 1.807) is 0 Å². The van der Waals surface area contributed by atoms with Crippen molar-refractivity contribution in [2.75, 3.05) is 33.0 Å². The molecule has 0 saturated heterocycles. The molecule has 0 fully saturated rings. The van der Waals surface area contributed by atoms with E-state index in [4.69, 9.17) is 35.3 Å². The zero-order chi connectivity index (χ0) is 40.3. The Labute approximate surface area is 343 Å². The number of hydrogen-bond acceptors (Lipinski definition) is 6. The summed E-state index contributed by atoms with van der Waals surface area (Å²) in [5.74, 6) is 3.42. The lowest BCUT2D eigenvalue weighted by Gasteiger charge is -2.21. The fourth-order valence-electron chi connectivity index (χ4n) is 7.08. The topological polar surface area (TPSA) is 63.2 Å². The van der Waals surface area contributed by atoms with Gasteiger partial charge >= 0.3 is 0 Å². The summed E-state index contributed by atoms with van der Waals surface area (Å²) in [6.45, 7) is 18.1. The molecule has 0 N–H and O–H groups in total. The molecule has 310 valence electrons. The average Bonchev–Trinajstić information content (AvgIpc) is 3.22. The predicted octanol–water partition coefficient (Wildman–Crippen LogP) is 14.8. The van der Waals surface area contributed by atoms with Crippen molar-refractivity contribution in [2.24, 2.45) is 5.92 Å². The van der Waals surface area contributed by atoms with Crippen LogP contribution in [0.4, 0.5) is 0 Å². The van der Waals surface area contributed by atoms with Gasteiger partial charge in [0, 0.05) is 0 Å². The lowest BCUT2D eigenvalue weighted by molar-refractivity contribution is 0.0964. The SMILES string of the molecule is CCCCCOc1cc2c3cc(OCCCCC)c(OCCCCC)cc3c3cc(C(=O)C(Cl)C(C)CC)c(OCCCCC)cc3c2cc1OCCCCC. The zero-order valence-corrected chi connectivity index (χ0v) is 36.6. The molecule has 0 aliphatic heterocycles. The second kappa shape index (κ2) is 24.4. The predicted molar refractivity (Wildman–Crippen MR) is 237 cm³/mol. The summed E-state index contributed by atoms with van der Waals surface area (Å²) in [5.41, 5.74) is 0.521. The van der Waals surface area contributed by atoms with Crippen molar-refractivity contribution < 1.29 is 28.5 Å².